The van der Waals surface area contributed by atoms with Crippen molar-refractivity contribution in [1.82, 2.24) is 9.88 Å². The maximum Gasteiger partial charge on any atom is 0.322 e. The molecule has 0 bridgehead atoms. The molecule has 0 atom stereocenters. The van der Waals surface area contributed by atoms with Crippen LogP contribution in [0, 0.1) is 0 Å². The third-order valence-corrected chi connectivity index (χ3v) is 4.82. The Morgan fingerprint density at radius 1 is 1.13 bits per heavy atom. The van der Waals surface area contributed by atoms with Crippen molar-refractivity contribution in [3.63, 3.8) is 0 Å². The summed E-state index contributed by atoms with van der Waals surface area (Å²) < 4.78 is 10.9. The summed E-state index contributed by atoms with van der Waals surface area (Å²) in [6.07, 6.45) is 7.94. The molecule has 6 nitrogen and oxygen atoms in total. The van der Waals surface area contributed by atoms with Gasteiger partial charge in [-0.2, -0.15) is 0 Å². The number of amides is 2. The first-order valence-corrected chi connectivity index (χ1v) is 9.97. The fourth-order valence-electron chi connectivity index (χ4n) is 3.00. The fraction of sp³-hybridized carbons (Fsp3) is 0.280. The van der Waals surface area contributed by atoms with Gasteiger partial charge in [0.15, 0.2) is 11.5 Å². The molecule has 1 aromatic carbocycles. The molecular formula is C25H31N3O3. The minimum Gasteiger partial charge on any atom is -0.493 e. The number of pyridine rings is 1. The number of nitrogens with one attached hydrogen (secondary N) is 1. The second-order valence-corrected chi connectivity index (χ2v) is 7.21. The van der Waals surface area contributed by atoms with Crippen LogP contribution in [0.15, 0.2) is 60.2 Å². The van der Waals surface area contributed by atoms with Crippen molar-refractivity contribution >= 4 is 28.2 Å². The molecule has 0 saturated carbocycles. The van der Waals surface area contributed by atoms with Crippen molar-refractivity contribution in [1.29, 1.82) is 0 Å². The zero-order valence-electron chi connectivity index (χ0n) is 19.4. The van der Waals surface area contributed by atoms with Gasteiger partial charge < -0.3 is 14.4 Å². The smallest absolute Gasteiger partial charge is 0.322 e. The Morgan fingerprint density at radius 2 is 1.77 bits per heavy atom. The SMILES string of the molecule is C=C(C=CC)C(C)=CC(=CC)c1cc2cc(OC)c(OC)cc2c(NC(=O)N(C)C)n1. The van der Waals surface area contributed by atoms with Crippen LogP contribution < -0.4 is 14.8 Å². The molecular weight excluding hydrogens is 390 g/mol. The summed E-state index contributed by atoms with van der Waals surface area (Å²) in [4.78, 5) is 18.6. The van der Waals surface area contributed by atoms with Crippen LogP contribution >= 0.6 is 0 Å². The van der Waals surface area contributed by atoms with E-state index in [1.54, 1.807) is 28.3 Å². The van der Waals surface area contributed by atoms with E-state index in [4.69, 9.17) is 14.5 Å². The maximum atomic E-state index is 12.4. The van der Waals surface area contributed by atoms with Crippen LogP contribution in [0.25, 0.3) is 16.3 Å². The number of aromatic nitrogens is 1. The Bertz CT molecular complexity index is 1080. The summed E-state index contributed by atoms with van der Waals surface area (Å²) in [6.45, 7) is 10.0. The number of urea groups is 1. The average molecular weight is 422 g/mol. The highest BCUT2D eigenvalue weighted by atomic mass is 16.5. The van der Waals surface area contributed by atoms with Crippen LogP contribution in [0.1, 0.15) is 26.5 Å². The van der Waals surface area contributed by atoms with E-state index in [0.29, 0.717) is 17.3 Å². The normalized spacial score (nSPS) is 12.2. The molecule has 6 heteroatoms. The van der Waals surface area contributed by atoms with Crippen LogP contribution in [0.3, 0.4) is 0 Å². The zero-order valence-corrected chi connectivity index (χ0v) is 19.4. The van der Waals surface area contributed by atoms with Crippen LogP contribution in [-0.2, 0) is 0 Å². The number of hydrogen-bond acceptors (Lipinski definition) is 4. The zero-order chi connectivity index (χ0) is 23.1. The highest BCUT2D eigenvalue weighted by Crippen LogP contribution is 2.36. The number of allylic oxidation sites excluding steroid dienone is 7. The molecule has 164 valence electrons. The number of carbonyl (C=O) groups excluding carboxylic acids is 1. The average Bonchev–Trinajstić information content (AvgIpc) is 2.76. The van der Waals surface area contributed by atoms with E-state index >= 15 is 0 Å². The van der Waals surface area contributed by atoms with E-state index in [2.05, 4.69) is 11.9 Å². The quantitative estimate of drug-likeness (QED) is 0.572. The summed E-state index contributed by atoms with van der Waals surface area (Å²) in [5.41, 5.74) is 3.60. The lowest BCUT2D eigenvalue weighted by Crippen LogP contribution is -2.28. The third kappa shape index (κ3) is 5.54. The molecule has 2 aromatic rings. The molecule has 1 heterocycles. The van der Waals surface area contributed by atoms with Crippen molar-refractivity contribution in [2.24, 2.45) is 0 Å². The monoisotopic (exact) mass is 421 g/mol. The summed E-state index contributed by atoms with van der Waals surface area (Å²) in [5, 5.41) is 4.52. The molecule has 0 unspecified atom stereocenters. The van der Waals surface area contributed by atoms with Crippen LogP contribution in [-0.4, -0.2) is 44.2 Å². The molecule has 2 amide bonds. The van der Waals surface area contributed by atoms with Gasteiger partial charge in [-0.05, 0) is 67.2 Å². The molecule has 31 heavy (non-hydrogen) atoms. The standard InChI is InChI=1S/C25H31N3O3/c1-9-11-16(3)17(4)12-18(10-2)21-13-19-14-22(30-7)23(31-8)15-20(19)24(26-21)27-25(29)28(5)6/h9-15H,3H2,1-2,4-8H3,(H,26,27,29). The Hall–Kier alpha value is -3.54. The number of ether oxygens (including phenoxy) is 2. The Labute approximate surface area is 184 Å². The summed E-state index contributed by atoms with van der Waals surface area (Å²) >= 11 is 0. The predicted octanol–water partition coefficient (Wildman–Crippen LogP) is 5.83. The van der Waals surface area contributed by atoms with E-state index in [1.807, 2.05) is 63.3 Å². The number of hydrogen-bond donors (Lipinski definition) is 1. The number of rotatable bonds is 7. The second kappa shape index (κ2) is 10.5. The molecule has 0 radical (unpaired) electrons. The number of benzene rings is 1. The summed E-state index contributed by atoms with van der Waals surface area (Å²) in [6, 6.07) is 5.41. The highest BCUT2D eigenvalue weighted by Gasteiger charge is 2.16. The first kappa shape index (κ1) is 23.7. The van der Waals surface area contributed by atoms with E-state index < -0.39 is 0 Å². The topological polar surface area (TPSA) is 63.7 Å². The van der Waals surface area contributed by atoms with Gasteiger partial charge in [0.25, 0.3) is 0 Å². The summed E-state index contributed by atoms with van der Waals surface area (Å²) in [7, 11) is 6.53. The van der Waals surface area contributed by atoms with Crippen molar-refractivity contribution in [3.05, 3.63) is 65.9 Å². The fourth-order valence-corrected chi connectivity index (χ4v) is 3.00. The number of nitrogens with zero attached hydrogens (tertiary/aromatic N) is 2. The van der Waals surface area contributed by atoms with Crippen LogP contribution in [0.5, 0.6) is 11.5 Å². The van der Waals surface area contributed by atoms with Gasteiger partial charge in [-0.15, -0.1) is 0 Å². The highest BCUT2D eigenvalue weighted by molar-refractivity contribution is 6.02. The van der Waals surface area contributed by atoms with Gasteiger partial charge in [-0.1, -0.05) is 24.8 Å². The molecule has 0 saturated heterocycles. The Morgan fingerprint density at radius 3 is 2.32 bits per heavy atom. The number of carbonyl (C=O) groups is 1. The van der Waals surface area contributed by atoms with Gasteiger partial charge >= 0.3 is 6.03 Å². The molecule has 0 fully saturated rings. The van der Waals surface area contributed by atoms with Gasteiger partial charge in [0.2, 0.25) is 0 Å². The first-order chi connectivity index (χ1) is 14.7. The largest absolute Gasteiger partial charge is 0.493 e. The molecule has 0 aliphatic heterocycles. The maximum absolute atomic E-state index is 12.4. The minimum absolute atomic E-state index is 0.268. The van der Waals surface area contributed by atoms with Crippen LogP contribution in [0.2, 0.25) is 0 Å². The van der Waals surface area contributed by atoms with Crippen molar-refractivity contribution in [3.8, 4) is 11.5 Å². The lowest BCUT2D eigenvalue weighted by atomic mass is 10.0. The van der Waals surface area contributed by atoms with E-state index in [1.165, 1.54) is 4.90 Å². The number of anilines is 1. The lowest BCUT2D eigenvalue weighted by molar-refractivity contribution is 0.230. The number of fused-ring (bicyclic) bond motifs is 1. The molecule has 2 rings (SSSR count). The lowest BCUT2D eigenvalue weighted by Gasteiger charge is -2.16. The minimum atomic E-state index is -0.268. The van der Waals surface area contributed by atoms with Gasteiger partial charge in [0, 0.05) is 19.5 Å². The van der Waals surface area contributed by atoms with E-state index in [0.717, 1.165) is 33.2 Å². The third-order valence-electron chi connectivity index (χ3n) is 4.82. The predicted molar refractivity (Wildman–Crippen MR) is 129 cm³/mol. The van der Waals surface area contributed by atoms with Crippen molar-refractivity contribution in [2.75, 3.05) is 33.6 Å². The van der Waals surface area contributed by atoms with Crippen molar-refractivity contribution in [2.45, 2.75) is 20.8 Å². The van der Waals surface area contributed by atoms with Crippen LogP contribution in [0.4, 0.5) is 10.6 Å². The van der Waals surface area contributed by atoms with E-state index in [9.17, 15) is 4.79 Å². The van der Waals surface area contributed by atoms with Gasteiger partial charge in [-0.3, -0.25) is 5.32 Å². The molecule has 0 spiro atoms. The molecule has 0 aliphatic carbocycles. The number of methoxy groups -OCH3 is 2. The van der Waals surface area contributed by atoms with Gasteiger partial charge in [-0.25, -0.2) is 9.78 Å². The first-order valence-electron chi connectivity index (χ1n) is 9.97. The molecule has 1 aromatic heterocycles. The molecule has 0 aliphatic rings. The Balaban J connectivity index is 2.72. The van der Waals surface area contributed by atoms with Gasteiger partial charge in [0.1, 0.15) is 5.82 Å². The van der Waals surface area contributed by atoms with Gasteiger partial charge in [0.05, 0.1) is 19.9 Å². The second-order valence-electron chi connectivity index (χ2n) is 7.21. The Kier molecular flexibility index (Phi) is 8.02. The van der Waals surface area contributed by atoms with Crippen molar-refractivity contribution < 1.29 is 14.3 Å². The summed E-state index contributed by atoms with van der Waals surface area (Å²) in [5.74, 6) is 1.62. The molecule has 1 N–H and O–H groups in total. The van der Waals surface area contributed by atoms with E-state index in [-0.39, 0.29) is 6.03 Å².